The highest BCUT2D eigenvalue weighted by molar-refractivity contribution is 5.71. The van der Waals surface area contributed by atoms with Crippen LogP contribution in [0.5, 0.6) is 0 Å². The maximum atomic E-state index is 12.8. The number of ether oxygens (including phenoxy) is 3. The molecule has 0 radical (unpaired) electrons. The van der Waals surface area contributed by atoms with Gasteiger partial charge in [-0.3, -0.25) is 14.4 Å². The minimum absolute atomic E-state index is 0.0870. The summed E-state index contributed by atoms with van der Waals surface area (Å²) in [5, 5.41) is 0. The van der Waals surface area contributed by atoms with E-state index >= 15 is 0 Å². The average molecular weight is 952 g/mol. The van der Waals surface area contributed by atoms with Gasteiger partial charge in [-0.1, -0.05) is 255 Å². The van der Waals surface area contributed by atoms with E-state index in [-0.39, 0.29) is 31.1 Å². The van der Waals surface area contributed by atoms with Crippen molar-refractivity contribution in [3.8, 4) is 0 Å². The van der Waals surface area contributed by atoms with Crippen molar-refractivity contribution >= 4 is 17.9 Å². The highest BCUT2D eigenvalue weighted by atomic mass is 16.6. The van der Waals surface area contributed by atoms with Crippen molar-refractivity contribution in [1.29, 1.82) is 0 Å². The standard InChI is InChI=1S/C62H110O6/c1-4-7-10-13-16-19-22-25-27-29-30-31-32-33-35-37-40-43-46-49-52-55-61(64)67-58-59(57-66-60(63)54-51-48-45-42-39-36-24-21-18-15-12-9-6-3)68-62(65)56-53-50-47-44-41-38-34-28-26-23-20-17-14-11-8-5-2/h9,12,18,20-21,23,28,34,36,39,59H,4-8,10-11,13-17,19,22,24-27,29-33,35,37-38,40-58H2,1-3H3/b12-9-,21-18-,23-20-,34-28-,39-36-. The number of carbonyl (C=O) groups is 3. The minimum atomic E-state index is -0.792. The van der Waals surface area contributed by atoms with Crippen LogP contribution in [0.2, 0.25) is 0 Å². The molecule has 0 aromatic rings. The van der Waals surface area contributed by atoms with Gasteiger partial charge < -0.3 is 14.2 Å². The second-order valence-electron chi connectivity index (χ2n) is 19.5. The summed E-state index contributed by atoms with van der Waals surface area (Å²) in [7, 11) is 0. The molecule has 0 N–H and O–H groups in total. The summed E-state index contributed by atoms with van der Waals surface area (Å²) in [5.41, 5.74) is 0. The van der Waals surface area contributed by atoms with Gasteiger partial charge >= 0.3 is 17.9 Å². The van der Waals surface area contributed by atoms with Crippen LogP contribution in [0.25, 0.3) is 0 Å². The molecule has 0 spiro atoms. The molecule has 0 saturated carbocycles. The Morgan fingerprint density at radius 2 is 0.574 bits per heavy atom. The fourth-order valence-electron chi connectivity index (χ4n) is 8.37. The summed E-state index contributed by atoms with van der Waals surface area (Å²) < 4.78 is 16.8. The number of hydrogen-bond acceptors (Lipinski definition) is 6. The van der Waals surface area contributed by atoms with Crippen LogP contribution in [-0.4, -0.2) is 37.2 Å². The molecular formula is C62H110O6. The molecule has 6 nitrogen and oxygen atoms in total. The molecule has 1 atom stereocenters. The SMILES string of the molecule is CC/C=C\C/C=C\C/C=C\CCCCCC(=O)OCC(COC(=O)CCCCCCCCCCCCCCCCCCCCCCC)OC(=O)CCCCCCC/C=C\C/C=C\CCCCCC. The molecule has 0 amide bonds. The molecule has 0 aromatic carbocycles. The van der Waals surface area contributed by atoms with Gasteiger partial charge in [-0.15, -0.1) is 0 Å². The fraction of sp³-hybridized carbons (Fsp3) is 0.790. The van der Waals surface area contributed by atoms with Crippen LogP contribution in [0, 0.1) is 0 Å². The lowest BCUT2D eigenvalue weighted by Gasteiger charge is -2.18. The molecule has 394 valence electrons. The monoisotopic (exact) mass is 951 g/mol. The van der Waals surface area contributed by atoms with Crippen LogP contribution in [0.4, 0.5) is 0 Å². The lowest BCUT2D eigenvalue weighted by atomic mass is 10.0. The van der Waals surface area contributed by atoms with Crippen LogP contribution in [0.3, 0.4) is 0 Å². The van der Waals surface area contributed by atoms with Gasteiger partial charge in [-0.25, -0.2) is 0 Å². The van der Waals surface area contributed by atoms with Crippen molar-refractivity contribution in [2.45, 2.75) is 303 Å². The predicted molar refractivity (Wildman–Crippen MR) is 293 cm³/mol. The molecule has 68 heavy (non-hydrogen) atoms. The zero-order valence-electron chi connectivity index (χ0n) is 45.1. The number of hydrogen-bond donors (Lipinski definition) is 0. The van der Waals surface area contributed by atoms with Crippen molar-refractivity contribution < 1.29 is 28.6 Å². The Balaban J connectivity index is 4.34. The van der Waals surface area contributed by atoms with Gasteiger partial charge in [-0.05, 0) is 83.5 Å². The Labute approximate surface area is 421 Å². The first-order valence-electron chi connectivity index (χ1n) is 29.3. The van der Waals surface area contributed by atoms with Crippen molar-refractivity contribution in [3.63, 3.8) is 0 Å². The van der Waals surface area contributed by atoms with Gasteiger partial charge in [-0.2, -0.15) is 0 Å². The van der Waals surface area contributed by atoms with E-state index in [4.69, 9.17) is 14.2 Å². The normalized spacial score (nSPS) is 12.5. The highest BCUT2D eigenvalue weighted by Gasteiger charge is 2.19. The molecule has 0 aliphatic carbocycles. The van der Waals surface area contributed by atoms with E-state index < -0.39 is 6.10 Å². The Bertz CT molecular complexity index is 1230. The van der Waals surface area contributed by atoms with Gasteiger partial charge in [0, 0.05) is 19.3 Å². The highest BCUT2D eigenvalue weighted by Crippen LogP contribution is 2.16. The average Bonchev–Trinajstić information content (AvgIpc) is 3.34. The quantitative estimate of drug-likeness (QED) is 0.0262. The van der Waals surface area contributed by atoms with Crippen molar-refractivity contribution in [2.24, 2.45) is 0 Å². The maximum Gasteiger partial charge on any atom is 0.306 e. The Kier molecular flexibility index (Phi) is 54.3. The van der Waals surface area contributed by atoms with Crippen LogP contribution in [0.1, 0.15) is 297 Å². The molecule has 0 aliphatic rings. The first-order valence-corrected chi connectivity index (χ1v) is 29.3. The minimum Gasteiger partial charge on any atom is -0.462 e. The molecule has 0 fully saturated rings. The van der Waals surface area contributed by atoms with E-state index in [0.29, 0.717) is 19.3 Å². The van der Waals surface area contributed by atoms with E-state index in [2.05, 4.69) is 81.5 Å². The number of carbonyl (C=O) groups excluding carboxylic acids is 3. The second-order valence-corrected chi connectivity index (χ2v) is 19.5. The van der Waals surface area contributed by atoms with Gasteiger partial charge in [0.15, 0.2) is 6.10 Å². The largest absolute Gasteiger partial charge is 0.462 e. The van der Waals surface area contributed by atoms with Gasteiger partial charge in [0.1, 0.15) is 13.2 Å². The van der Waals surface area contributed by atoms with Crippen LogP contribution < -0.4 is 0 Å². The summed E-state index contributed by atoms with van der Waals surface area (Å²) in [5.74, 6) is -0.919. The Morgan fingerprint density at radius 1 is 0.309 bits per heavy atom. The third-order valence-electron chi connectivity index (χ3n) is 12.8. The maximum absolute atomic E-state index is 12.8. The summed E-state index contributed by atoms with van der Waals surface area (Å²) in [6.45, 7) is 6.50. The Hall–Kier alpha value is -2.89. The molecule has 6 heteroatoms. The van der Waals surface area contributed by atoms with Gasteiger partial charge in [0.25, 0.3) is 0 Å². The summed E-state index contributed by atoms with van der Waals surface area (Å²) in [4.78, 5) is 38.1. The first-order chi connectivity index (χ1) is 33.5. The van der Waals surface area contributed by atoms with Gasteiger partial charge in [0.2, 0.25) is 0 Å². The fourth-order valence-corrected chi connectivity index (χ4v) is 8.37. The topological polar surface area (TPSA) is 78.9 Å². The molecule has 0 heterocycles. The van der Waals surface area contributed by atoms with Crippen LogP contribution in [-0.2, 0) is 28.6 Å². The lowest BCUT2D eigenvalue weighted by molar-refractivity contribution is -0.167. The summed E-state index contributed by atoms with van der Waals surface area (Å²) >= 11 is 0. The zero-order valence-corrected chi connectivity index (χ0v) is 45.1. The number of rotatable bonds is 53. The van der Waals surface area contributed by atoms with Crippen molar-refractivity contribution in [1.82, 2.24) is 0 Å². The molecule has 0 bridgehead atoms. The molecule has 1 unspecified atom stereocenters. The smallest absolute Gasteiger partial charge is 0.306 e. The van der Waals surface area contributed by atoms with E-state index in [1.54, 1.807) is 0 Å². The van der Waals surface area contributed by atoms with Crippen molar-refractivity contribution in [3.05, 3.63) is 60.8 Å². The molecule has 0 rings (SSSR count). The zero-order chi connectivity index (χ0) is 49.3. The number of esters is 3. The Morgan fingerprint density at radius 3 is 0.926 bits per heavy atom. The number of allylic oxidation sites excluding steroid dienone is 10. The third-order valence-corrected chi connectivity index (χ3v) is 12.8. The second kappa shape index (κ2) is 56.7. The molecule has 0 saturated heterocycles. The predicted octanol–water partition coefficient (Wildman–Crippen LogP) is 19.6. The molecule has 0 aliphatic heterocycles. The molecular weight excluding hydrogens is 841 g/mol. The van der Waals surface area contributed by atoms with Crippen LogP contribution in [0.15, 0.2) is 60.8 Å². The van der Waals surface area contributed by atoms with E-state index in [1.807, 2.05) is 0 Å². The molecule has 0 aromatic heterocycles. The summed E-state index contributed by atoms with van der Waals surface area (Å²) in [6.07, 6.45) is 70.8. The van der Waals surface area contributed by atoms with Crippen LogP contribution >= 0.6 is 0 Å². The van der Waals surface area contributed by atoms with Crippen molar-refractivity contribution in [2.75, 3.05) is 13.2 Å². The summed E-state index contributed by atoms with van der Waals surface area (Å²) in [6, 6.07) is 0. The number of unbranched alkanes of at least 4 members (excludes halogenated alkanes) is 32. The first kappa shape index (κ1) is 65.1. The lowest BCUT2D eigenvalue weighted by Crippen LogP contribution is -2.30. The van der Waals surface area contributed by atoms with E-state index in [1.165, 1.54) is 148 Å². The van der Waals surface area contributed by atoms with E-state index in [0.717, 1.165) is 109 Å². The van der Waals surface area contributed by atoms with E-state index in [9.17, 15) is 14.4 Å². The van der Waals surface area contributed by atoms with Gasteiger partial charge in [0.05, 0.1) is 0 Å². The third kappa shape index (κ3) is 54.1.